The second-order valence-electron chi connectivity index (χ2n) is 4.80. The molecule has 0 aliphatic carbocycles. The zero-order valence-electron chi connectivity index (χ0n) is 12.2. The lowest BCUT2D eigenvalue weighted by Gasteiger charge is -2.21. The third-order valence-electron chi connectivity index (χ3n) is 3.31. The summed E-state index contributed by atoms with van der Waals surface area (Å²) in [7, 11) is 1.61. The van der Waals surface area contributed by atoms with Gasteiger partial charge in [0.05, 0.1) is 13.2 Å². The topological polar surface area (TPSA) is 21.3 Å². The largest absolute Gasteiger partial charge is 0.497 e. The van der Waals surface area contributed by atoms with Gasteiger partial charge in [0.15, 0.2) is 0 Å². The van der Waals surface area contributed by atoms with Crippen molar-refractivity contribution in [1.82, 2.24) is 5.32 Å². The molecule has 21 heavy (non-hydrogen) atoms. The Hall–Kier alpha value is -1.58. The van der Waals surface area contributed by atoms with Gasteiger partial charge in [-0.05, 0) is 42.8 Å². The fraction of sp³-hybridized carbons (Fsp3) is 0.294. The molecule has 0 spiro atoms. The Labute approximate surface area is 129 Å². The van der Waals surface area contributed by atoms with Crippen molar-refractivity contribution in [3.63, 3.8) is 0 Å². The highest BCUT2D eigenvalue weighted by atomic mass is 35.5. The summed E-state index contributed by atoms with van der Waals surface area (Å²) in [4.78, 5) is 0. The Kier molecular flexibility index (Phi) is 5.59. The van der Waals surface area contributed by atoms with E-state index in [1.54, 1.807) is 19.2 Å². The number of halogens is 2. The van der Waals surface area contributed by atoms with Gasteiger partial charge >= 0.3 is 0 Å². The molecule has 0 bridgehead atoms. The first-order chi connectivity index (χ1) is 10.2. The number of benzene rings is 2. The number of methoxy groups -OCH3 is 1. The Morgan fingerprint density at radius 3 is 2.67 bits per heavy atom. The highest BCUT2D eigenvalue weighted by molar-refractivity contribution is 6.31. The normalized spacial score (nSPS) is 12.2. The fourth-order valence-electron chi connectivity index (χ4n) is 2.28. The molecule has 2 aromatic rings. The van der Waals surface area contributed by atoms with Crippen LogP contribution in [0.15, 0.2) is 42.5 Å². The molecular weight excluding hydrogens is 289 g/mol. The summed E-state index contributed by atoms with van der Waals surface area (Å²) in [6, 6.07) is 12.1. The molecule has 0 aliphatic rings. The summed E-state index contributed by atoms with van der Waals surface area (Å²) >= 11 is 6.22. The zero-order chi connectivity index (χ0) is 15.2. The van der Waals surface area contributed by atoms with Crippen molar-refractivity contribution in [3.05, 3.63) is 64.4 Å². The third-order valence-corrected chi connectivity index (χ3v) is 3.64. The van der Waals surface area contributed by atoms with Gasteiger partial charge in [-0.25, -0.2) is 4.39 Å². The second kappa shape index (κ2) is 7.43. The standard InChI is InChI=1S/C17H19ClFNO/c1-3-10-20-17(12-6-4-7-13(11-12)21-2)16-14(18)8-5-9-15(16)19/h4-9,11,17,20H,3,10H2,1-2H3. The first-order valence-electron chi connectivity index (χ1n) is 6.98. The molecule has 1 unspecified atom stereocenters. The summed E-state index contributed by atoms with van der Waals surface area (Å²) in [5, 5.41) is 3.78. The van der Waals surface area contributed by atoms with E-state index in [1.807, 2.05) is 24.3 Å². The number of rotatable bonds is 6. The Balaban J connectivity index is 2.47. The molecule has 0 fully saturated rings. The van der Waals surface area contributed by atoms with Crippen molar-refractivity contribution < 1.29 is 9.13 Å². The predicted molar refractivity (Wildman–Crippen MR) is 84.5 cm³/mol. The highest BCUT2D eigenvalue weighted by Crippen LogP contribution is 2.32. The molecule has 0 saturated carbocycles. The smallest absolute Gasteiger partial charge is 0.129 e. The molecule has 1 N–H and O–H groups in total. The van der Waals surface area contributed by atoms with Crippen LogP contribution in [0.25, 0.3) is 0 Å². The van der Waals surface area contributed by atoms with Gasteiger partial charge in [0.25, 0.3) is 0 Å². The monoisotopic (exact) mass is 307 g/mol. The first kappa shape index (κ1) is 15.8. The van der Waals surface area contributed by atoms with Crippen LogP contribution < -0.4 is 10.1 Å². The van der Waals surface area contributed by atoms with Gasteiger partial charge in [-0.2, -0.15) is 0 Å². The summed E-state index contributed by atoms with van der Waals surface area (Å²) in [6.45, 7) is 2.84. The van der Waals surface area contributed by atoms with Crippen molar-refractivity contribution in [3.8, 4) is 5.75 Å². The third kappa shape index (κ3) is 3.74. The van der Waals surface area contributed by atoms with Gasteiger partial charge in [0, 0.05) is 10.6 Å². The minimum atomic E-state index is -0.307. The lowest BCUT2D eigenvalue weighted by atomic mass is 9.97. The molecule has 0 aliphatic heterocycles. The molecule has 0 radical (unpaired) electrons. The Bertz CT molecular complexity index is 583. The van der Waals surface area contributed by atoms with Gasteiger partial charge in [0.1, 0.15) is 11.6 Å². The van der Waals surface area contributed by atoms with E-state index in [0.29, 0.717) is 10.6 Å². The number of ether oxygens (including phenoxy) is 1. The van der Waals surface area contributed by atoms with E-state index in [1.165, 1.54) is 6.07 Å². The van der Waals surface area contributed by atoms with Crippen LogP contribution in [-0.4, -0.2) is 13.7 Å². The van der Waals surface area contributed by atoms with Crippen LogP contribution in [0.5, 0.6) is 5.75 Å². The minimum Gasteiger partial charge on any atom is -0.497 e. The maximum atomic E-state index is 14.2. The van der Waals surface area contributed by atoms with Gasteiger partial charge in [0.2, 0.25) is 0 Å². The predicted octanol–water partition coefficient (Wildman–Crippen LogP) is 4.58. The number of nitrogens with one attached hydrogen (secondary N) is 1. The van der Waals surface area contributed by atoms with Gasteiger partial charge in [-0.3, -0.25) is 0 Å². The Morgan fingerprint density at radius 2 is 2.00 bits per heavy atom. The molecule has 0 saturated heterocycles. The van der Waals surface area contributed by atoms with Gasteiger partial charge < -0.3 is 10.1 Å². The molecular formula is C17H19ClFNO. The molecule has 1 atom stereocenters. The first-order valence-corrected chi connectivity index (χ1v) is 7.36. The van der Waals surface area contributed by atoms with Crippen LogP contribution in [-0.2, 0) is 0 Å². The molecule has 2 nitrogen and oxygen atoms in total. The number of hydrogen-bond acceptors (Lipinski definition) is 2. The van der Waals surface area contributed by atoms with Crippen LogP contribution >= 0.6 is 11.6 Å². The van der Waals surface area contributed by atoms with Crippen LogP contribution in [0.2, 0.25) is 5.02 Å². The van der Waals surface area contributed by atoms with Crippen molar-refractivity contribution in [2.24, 2.45) is 0 Å². The zero-order valence-corrected chi connectivity index (χ0v) is 13.0. The minimum absolute atomic E-state index is 0.297. The maximum absolute atomic E-state index is 14.2. The quantitative estimate of drug-likeness (QED) is 0.843. The van der Waals surface area contributed by atoms with Crippen LogP contribution in [0.3, 0.4) is 0 Å². The molecule has 2 rings (SSSR count). The lowest BCUT2D eigenvalue weighted by molar-refractivity contribution is 0.413. The van der Waals surface area contributed by atoms with E-state index in [-0.39, 0.29) is 11.9 Å². The summed E-state index contributed by atoms with van der Waals surface area (Å²) < 4.78 is 19.5. The van der Waals surface area contributed by atoms with Crippen molar-refractivity contribution in [2.75, 3.05) is 13.7 Å². The lowest BCUT2D eigenvalue weighted by Crippen LogP contribution is -2.24. The highest BCUT2D eigenvalue weighted by Gasteiger charge is 2.20. The van der Waals surface area contributed by atoms with E-state index in [0.717, 1.165) is 24.3 Å². The molecule has 112 valence electrons. The second-order valence-corrected chi connectivity index (χ2v) is 5.21. The molecule has 0 aromatic heterocycles. The van der Waals surface area contributed by atoms with Crippen LogP contribution in [0, 0.1) is 5.82 Å². The van der Waals surface area contributed by atoms with E-state index < -0.39 is 0 Å². The SMILES string of the molecule is CCCNC(c1cccc(OC)c1)c1c(F)cccc1Cl. The molecule has 4 heteroatoms. The van der Waals surface area contributed by atoms with E-state index in [2.05, 4.69) is 12.2 Å². The van der Waals surface area contributed by atoms with Gasteiger partial charge in [-0.1, -0.05) is 36.7 Å². The molecule has 2 aromatic carbocycles. The van der Waals surface area contributed by atoms with Crippen molar-refractivity contribution >= 4 is 11.6 Å². The van der Waals surface area contributed by atoms with E-state index in [4.69, 9.17) is 16.3 Å². The summed E-state index contributed by atoms with van der Waals surface area (Å²) in [6.07, 6.45) is 0.951. The van der Waals surface area contributed by atoms with Crippen molar-refractivity contribution in [2.45, 2.75) is 19.4 Å². The fourth-order valence-corrected chi connectivity index (χ4v) is 2.55. The maximum Gasteiger partial charge on any atom is 0.129 e. The van der Waals surface area contributed by atoms with E-state index in [9.17, 15) is 4.39 Å². The average molecular weight is 308 g/mol. The summed E-state index contributed by atoms with van der Waals surface area (Å²) in [5.41, 5.74) is 1.40. The van der Waals surface area contributed by atoms with Gasteiger partial charge in [-0.15, -0.1) is 0 Å². The van der Waals surface area contributed by atoms with Crippen LogP contribution in [0.1, 0.15) is 30.5 Å². The van der Waals surface area contributed by atoms with Crippen molar-refractivity contribution in [1.29, 1.82) is 0 Å². The molecule has 0 heterocycles. The average Bonchev–Trinajstić information content (AvgIpc) is 2.50. The molecule has 0 amide bonds. The number of hydrogen-bond donors (Lipinski definition) is 1. The van der Waals surface area contributed by atoms with E-state index >= 15 is 0 Å². The summed E-state index contributed by atoms with van der Waals surface area (Å²) in [5.74, 6) is 0.433. The Morgan fingerprint density at radius 1 is 1.24 bits per heavy atom. The van der Waals surface area contributed by atoms with Crippen LogP contribution in [0.4, 0.5) is 4.39 Å².